The number of hydrogen-bond donors (Lipinski definition) is 2. The molecule has 1 spiro atoms. The Morgan fingerprint density at radius 3 is 2.74 bits per heavy atom. The summed E-state index contributed by atoms with van der Waals surface area (Å²) in [6.45, 7) is 1.71. The largest absolute Gasteiger partial charge is 0.382 e. The van der Waals surface area contributed by atoms with E-state index in [2.05, 4.69) is 10.6 Å². The van der Waals surface area contributed by atoms with Crippen molar-refractivity contribution < 1.29 is 13.9 Å². The molecule has 0 bridgehead atoms. The summed E-state index contributed by atoms with van der Waals surface area (Å²) in [7, 11) is 0. The van der Waals surface area contributed by atoms with Crippen molar-refractivity contribution in [3.63, 3.8) is 0 Å². The zero-order valence-corrected chi connectivity index (χ0v) is 12.4. The van der Waals surface area contributed by atoms with E-state index in [1.54, 1.807) is 6.07 Å². The van der Waals surface area contributed by atoms with Crippen molar-refractivity contribution in [1.82, 2.24) is 0 Å². The van der Waals surface area contributed by atoms with Crippen LogP contribution in [-0.2, 0) is 9.53 Å². The van der Waals surface area contributed by atoms with Crippen LogP contribution in [0.3, 0.4) is 0 Å². The maximum Gasteiger partial charge on any atom is 0.232 e. The minimum atomic E-state index is -0.445. The first-order chi connectivity index (χ1) is 9.11. The Hall–Kier alpha value is -0.890. The van der Waals surface area contributed by atoms with Gasteiger partial charge in [0.15, 0.2) is 0 Å². The van der Waals surface area contributed by atoms with Gasteiger partial charge in [-0.05, 0) is 41.5 Å². The van der Waals surface area contributed by atoms with E-state index in [4.69, 9.17) is 4.74 Å². The molecule has 2 N–H and O–H groups in total. The molecule has 2 aliphatic heterocycles. The quantitative estimate of drug-likeness (QED) is 0.685. The number of amides is 1. The van der Waals surface area contributed by atoms with E-state index in [1.165, 1.54) is 6.07 Å². The molecule has 1 aromatic carbocycles. The lowest BCUT2D eigenvalue weighted by Gasteiger charge is -2.34. The molecule has 6 heteroatoms. The summed E-state index contributed by atoms with van der Waals surface area (Å²) in [6.07, 6.45) is 1.39. The lowest BCUT2D eigenvalue weighted by Crippen LogP contribution is -2.44. The Labute approximate surface area is 124 Å². The van der Waals surface area contributed by atoms with E-state index in [1.807, 2.05) is 22.6 Å². The highest BCUT2D eigenvalue weighted by Gasteiger charge is 2.41. The van der Waals surface area contributed by atoms with Crippen molar-refractivity contribution in [3.8, 4) is 0 Å². The first-order valence-electron chi connectivity index (χ1n) is 6.23. The predicted octanol–water partition coefficient (Wildman–Crippen LogP) is 2.59. The van der Waals surface area contributed by atoms with Crippen molar-refractivity contribution in [2.75, 3.05) is 30.4 Å². The molecule has 1 saturated heterocycles. The standard InChI is InChI=1S/C13H14FIN2O2/c14-8-5-10-11(6-9(8)15)17-12(18)13(7-16-10)1-3-19-4-2-13/h5-6,16H,1-4,7H2,(H,17,18). The van der Waals surface area contributed by atoms with Gasteiger partial charge < -0.3 is 15.4 Å². The molecule has 1 aromatic rings. The van der Waals surface area contributed by atoms with Crippen molar-refractivity contribution in [2.24, 2.45) is 5.41 Å². The first-order valence-corrected chi connectivity index (χ1v) is 7.31. The Bertz CT molecular complexity index is 530. The van der Waals surface area contributed by atoms with Crippen LogP contribution in [0.15, 0.2) is 12.1 Å². The number of carbonyl (C=O) groups is 1. The van der Waals surface area contributed by atoms with Gasteiger partial charge in [-0.15, -0.1) is 0 Å². The van der Waals surface area contributed by atoms with Crippen LogP contribution < -0.4 is 10.6 Å². The molecule has 0 aromatic heterocycles. The van der Waals surface area contributed by atoms with Gasteiger partial charge in [0.2, 0.25) is 5.91 Å². The van der Waals surface area contributed by atoms with Gasteiger partial charge in [-0.25, -0.2) is 4.39 Å². The number of nitrogens with one attached hydrogen (secondary N) is 2. The number of hydrogen-bond acceptors (Lipinski definition) is 3. The molecule has 4 nitrogen and oxygen atoms in total. The molecular formula is C13H14FIN2O2. The summed E-state index contributed by atoms with van der Waals surface area (Å²) in [5, 5.41) is 6.12. The zero-order chi connectivity index (χ0) is 13.5. The van der Waals surface area contributed by atoms with Crippen LogP contribution in [0.5, 0.6) is 0 Å². The number of ether oxygens (including phenoxy) is 1. The molecular weight excluding hydrogens is 362 g/mol. The number of anilines is 2. The van der Waals surface area contributed by atoms with E-state index in [9.17, 15) is 9.18 Å². The summed E-state index contributed by atoms with van der Waals surface area (Å²) in [6, 6.07) is 3.10. The number of rotatable bonds is 0. The average molecular weight is 376 g/mol. The molecule has 0 saturated carbocycles. The van der Waals surface area contributed by atoms with Gasteiger partial charge in [-0.1, -0.05) is 0 Å². The van der Waals surface area contributed by atoms with E-state index < -0.39 is 5.41 Å². The lowest BCUT2D eigenvalue weighted by molar-refractivity contribution is -0.129. The Morgan fingerprint density at radius 1 is 1.26 bits per heavy atom. The van der Waals surface area contributed by atoms with E-state index in [-0.39, 0.29) is 11.7 Å². The summed E-state index contributed by atoms with van der Waals surface area (Å²) < 4.78 is 19.4. The Kier molecular flexibility index (Phi) is 3.38. The van der Waals surface area contributed by atoms with Crippen LogP contribution in [0.4, 0.5) is 15.8 Å². The normalized spacial score (nSPS) is 21.3. The minimum absolute atomic E-state index is 0.00413. The molecule has 2 aliphatic rings. The smallest absolute Gasteiger partial charge is 0.232 e. The molecule has 0 atom stereocenters. The Morgan fingerprint density at radius 2 is 2.00 bits per heavy atom. The average Bonchev–Trinajstić information content (AvgIpc) is 2.52. The predicted molar refractivity (Wildman–Crippen MR) is 78.7 cm³/mol. The molecule has 0 radical (unpaired) electrons. The zero-order valence-electron chi connectivity index (χ0n) is 10.3. The molecule has 3 rings (SSSR count). The summed E-state index contributed by atoms with van der Waals surface area (Å²) in [5.74, 6) is -0.270. The maximum absolute atomic E-state index is 13.6. The SMILES string of the molecule is O=C1Nc2cc(I)c(F)cc2NCC12CCOCC2. The molecule has 1 fully saturated rings. The fourth-order valence-corrected chi connectivity index (χ4v) is 3.03. The summed E-state index contributed by atoms with van der Waals surface area (Å²) >= 11 is 1.92. The molecule has 102 valence electrons. The second kappa shape index (κ2) is 4.90. The minimum Gasteiger partial charge on any atom is -0.382 e. The molecule has 0 aliphatic carbocycles. The fourth-order valence-electron chi connectivity index (χ4n) is 2.56. The highest BCUT2D eigenvalue weighted by atomic mass is 127. The highest BCUT2D eigenvalue weighted by molar-refractivity contribution is 14.1. The van der Waals surface area contributed by atoms with Crippen LogP contribution in [0.2, 0.25) is 0 Å². The van der Waals surface area contributed by atoms with Gasteiger partial charge in [0.1, 0.15) is 5.82 Å². The van der Waals surface area contributed by atoms with E-state index >= 15 is 0 Å². The first kappa shape index (κ1) is 13.1. The topological polar surface area (TPSA) is 50.4 Å². The van der Waals surface area contributed by atoms with Crippen LogP contribution >= 0.6 is 22.6 Å². The van der Waals surface area contributed by atoms with Crippen molar-refractivity contribution >= 4 is 39.9 Å². The monoisotopic (exact) mass is 376 g/mol. The lowest BCUT2D eigenvalue weighted by atomic mass is 9.79. The number of benzene rings is 1. The summed E-state index contributed by atoms with van der Waals surface area (Å²) in [4.78, 5) is 12.4. The third-order valence-electron chi connectivity index (χ3n) is 3.86. The van der Waals surface area contributed by atoms with Crippen molar-refractivity contribution in [1.29, 1.82) is 0 Å². The third kappa shape index (κ3) is 2.31. The van der Waals surface area contributed by atoms with Crippen LogP contribution in [0.25, 0.3) is 0 Å². The summed E-state index contributed by atoms with van der Waals surface area (Å²) in [5.41, 5.74) is 0.855. The molecule has 19 heavy (non-hydrogen) atoms. The second-order valence-corrected chi connectivity index (χ2v) is 6.17. The van der Waals surface area contributed by atoms with Gasteiger partial charge >= 0.3 is 0 Å². The molecule has 0 unspecified atom stereocenters. The van der Waals surface area contributed by atoms with Crippen LogP contribution in [-0.4, -0.2) is 25.7 Å². The Balaban J connectivity index is 1.95. The highest BCUT2D eigenvalue weighted by Crippen LogP contribution is 2.37. The number of carbonyl (C=O) groups excluding carboxylic acids is 1. The van der Waals surface area contributed by atoms with Crippen molar-refractivity contribution in [3.05, 3.63) is 21.5 Å². The van der Waals surface area contributed by atoms with E-state index in [0.717, 1.165) is 0 Å². The van der Waals surface area contributed by atoms with Gasteiger partial charge in [0.25, 0.3) is 0 Å². The van der Waals surface area contributed by atoms with Crippen LogP contribution in [0.1, 0.15) is 12.8 Å². The van der Waals surface area contributed by atoms with Gasteiger partial charge in [-0.2, -0.15) is 0 Å². The third-order valence-corrected chi connectivity index (χ3v) is 4.68. The van der Waals surface area contributed by atoms with Crippen molar-refractivity contribution in [2.45, 2.75) is 12.8 Å². The van der Waals surface area contributed by atoms with Crippen LogP contribution in [0, 0.1) is 14.8 Å². The molecule has 1 amide bonds. The van der Waals surface area contributed by atoms with Gasteiger partial charge in [0, 0.05) is 25.8 Å². The number of fused-ring (bicyclic) bond motifs is 1. The number of halogens is 2. The maximum atomic E-state index is 13.6. The fraction of sp³-hybridized carbons (Fsp3) is 0.462. The van der Waals surface area contributed by atoms with E-state index in [0.29, 0.717) is 47.5 Å². The van der Waals surface area contributed by atoms with Gasteiger partial charge in [-0.3, -0.25) is 4.79 Å². The molecule has 2 heterocycles. The second-order valence-electron chi connectivity index (χ2n) is 5.01. The van der Waals surface area contributed by atoms with Gasteiger partial charge in [0.05, 0.1) is 20.4 Å².